The van der Waals surface area contributed by atoms with E-state index in [4.69, 9.17) is 0 Å². The van der Waals surface area contributed by atoms with E-state index < -0.39 is 0 Å². The van der Waals surface area contributed by atoms with Crippen LogP contribution >= 0.6 is 0 Å². The van der Waals surface area contributed by atoms with Crippen molar-refractivity contribution in [3.05, 3.63) is 24.0 Å². The summed E-state index contributed by atoms with van der Waals surface area (Å²) < 4.78 is 0. The Hall–Kier alpha value is -1.09. The summed E-state index contributed by atoms with van der Waals surface area (Å²) in [5, 5.41) is 3.02. The molecule has 1 aromatic rings. The molecule has 11 heavy (non-hydrogen) atoms. The number of nitrogens with one attached hydrogen (secondary N) is 2. The Morgan fingerprint density at radius 1 is 1.73 bits per heavy atom. The molecule has 1 heterocycles. The van der Waals surface area contributed by atoms with Crippen molar-refractivity contribution in [3.8, 4) is 0 Å². The van der Waals surface area contributed by atoms with Crippen molar-refractivity contribution in [1.82, 2.24) is 10.3 Å². The first-order valence-electron chi connectivity index (χ1n) is 3.71. The molecule has 0 spiro atoms. The quantitative estimate of drug-likeness (QED) is 0.481. The van der Waals surface area contributed by atoms with Crippen molar-refractivity contribution in [1.29, 1.82) is 0 Å². The monoisotopic (exact) mass is 151 g/mol. The molecule has 0 aliphatic rings. The van der Waals surface area contributed by atoms with Gasteiger partial charge in [0.15, 0.2) is 0 Å². The van der Waals surface area contributed by atoms with E-state index in [-0.39, 0.29) is 0 Å². The molecule has 0 amide bonds. The van der Waals surface area contributed by atoms with Gasteiger partial charge in [-0.2, -0.15) is 0 Å². The predicted octanol–water partition coefficient (Wildman–Crippen LogP) is 0.653. The van der Waals surface area contributed by atoms with Gasteiger partial charge in [-0.15, -0.1) is 0 Å². The summed E-state index contributed by atoms with van der Waals surface area (Å²) in [6.45, 7) is 1.76. The molecule has 0 saturated carbocycles. The molecule has 0 radical (unpaired) electrons. The number of nitrogens with zero attached hydrogens (tertiary/aromatic N) is 1. The first kappa shape index (κ1) is 8.01. The Labute approximate surface area is 66.5 Å². The van der Waals surface area contributed by atoms with Gasteiger partial charge in [0, 0.05) is 19.0 Å². The van der Waals surface area contributed by atoms with E-state index in [0.29, 0.717) is 0 Å². The van der Waals surface area contributed by atoms with Gasteiger partial charge in [-0.05, 0) is 19.2 Å². The number of aromatic amines is 1. The van der Waals surface area contributed by atoms with Crippen LogP contribution in [0.1, 0.15) is 5.69 Å². The maximum absolute atomic E-state index is 4.18. The summed E-state index contributed by atoms with van der Waals surface area (Å²) in [5.74, 6) is 0. The third-order valence-corrected chi connectivity index (χ3v) is 1.34. The third-order valence-electron chi connectivity index (χ3n) is 1.34. The van der Waals surface area contributed by atoms with Gasteiger partial charge in [-0.3, -0.25) is 4.99 Å². The van der Waals surface area contributed by atoms with E-state index in [1.54, 1.807) is 0 Å². The lowest BCUT2D eigenvalue weighted by atomic mass is 10.5. The molecule has 0 fully saturated rings. The Kier molecular flexibility index (Phi) is 3.41. The Morgan fingerprint density at radius 3 is 3.27 bits per heavy atom. The minimum Gasteiger partial charge on any atom is -0.360 e. The Morgan fingerprint density at radius 2 is 2.64 bits per heavy atom. The van der Waals surface area contributed by atoms with Gasteiger partial charge in [0.25, 0.3) is 0 Å². The van der Waals surface area contributed by atoms with Gasteiger partial charge in [0.2, 0.25) is 0 Å². The predicted molar refractivity (Wildman–Crippen MR) is 47.2 cm³/mol. The fourth-order valence-corrected chi connectivity index (χ4v) is 0.764. The van der Waals surface area contributed by atoms with E-state index in [0.717, 1.165) is 18.8 Å². The number of aromatic nitrogens is 1. The van der Waals surface area contributed by atoms with Gasteiger partial charge < -0.3 is 10.3 Å². The normalized spacial score (nSPS) is 11.0. The van der Waals surface area contributed by atoms with Crippen LogP contribution < -0.4 is 5.32 Å². The highest BCUT2D eigenvalue weighted by molar-refractivity contribution is 5.76. The number of hydrogen-bond donors (Lipinski definition) is 2. The Balaban J connectivity index is 2.25. The third kappa shape index (κ3) is 3.00. The summed E-state index contributed by atoms with van der Waals surface area (Å²) in [6.07, 6.45) is 3.73. The summed E-state index contributed by atoms with van der Waals surface area (Å²) >= 11 is 0. The van der Waals surface area contributed by atoms with Crippen LogP contribution in [0.15, 0.2) is 23.3 Å². The number of aliphatic imine (C=N–C) groups is 1. The molecule has 0 atom stereocenters. The standard InChI is InChI=1S/C8H13N3/c1-9-5-6-10-7-8-3-2-4-11-8/h2-4,7,9,11H,5-6H2,1H3. The maximum Gasteiger partial charge on any atom is 0.0561 e. The van der Waals surface area contributed by atoms with Crippen LogP contribution in [0, 0.1) is 0 Å². The second-order valence-electron chi connectivity index (χ2n) is 2.26. The van der Waals surface area contributed by atoms with Crippen molar-refractivity contribution in [2.24, 2.45) is 4.99 Å². The number of hydrogen-bond acceptors (Lipinski definition) is 2. The first-order valence-corrected chi connectivity index (χ1v) is 3.71. The second kappa shape index (κ2) is 4.68. The fourth-order valence-electron chi connectivity index (χ4n) is 0.764. The largest absolute Gasteiger partial charge is 0.360 e. The van der Waals surface area contributed by atoms with E-state index in [1.165, 1.54) is 0 Å². The highest BCUT2D eigenvalue weighted by atomic mass is 14.9. The van der Waals surface area contributed by atoms with Crippen LogP contribution in [0.5, 0.6) is 0 Å². The van der Waals surface area contributed by atoms with E-state index in [2.05, 4.69) is 15.3 Å². The van der Waals surface area contributed by atoms with Crippen LogP contribution in [0.25, 0.3) is 0 Å². The summed E-state index contributed by atoms with van der Waals surface area (Å²) in [6, 6.07) is 3.95. The lowest BCUT2D eigenvalue weighted by Gasteiger charge is -1.90. The topological polar surface area (TPSA) is 40.2 Å². The van der Waals surface area contributed by atoms with Gasteiger partial charge in [-0.1, -0.05) is 0 Å². The van der Waals surface area contributed by atoms with Gasteiger partial charge in [0.05, 0.1) is 12.2 Å². The smallest absolute Gasteiger partial charge is 0.0561 e. The zero-order chi connectivity index (χ0) is 7.94. The molecule has 1 rings (SSSR count). The van der Waals surface area contributed by atoms with Crippen LogP contribution in [0.4, 0.5) is 0 Å². The van der Waals surface area contributed by atoms with Crippen molar-refractivity contribution < 1.29 is 0 Å². The molecule has 0 bridgehead atoms. The number of H-pyrrole nitrogens is 1. The minimum absolute atomic E-state index is 0.829. The van der Waals surface area contributed by atoms with Gasteiger partial charge in [-0.25, -0.2) is 0 Å². The molecule has 60 valence electrons. The van der Waals surface area contributed by atoms with Gasteiger partial charge >= 0.3 is 0 Å². The molecular formula is C8H13N3. The van der Waals surface area contributed by atoms with Crippen molar-refractivity contribution >= 4 is 6.21 Å². The second-order valence-corrected chi connectivity index (χ2v) is 2.26. The number of likely N-dealkylation sites (N-methyl/N-ethyl adjacent to an activating group) is 1. The molecule has 0 aliphatic carbocycles. The molecule has 3 heteroatoms. The molecule has 0 unspecified atom stereocenters. The molecule has 3 nitrogen and oxygen atoms in total. The average molecular weight is 151 g/mol. The maximum atomic E-state index is 4.18. The highest BCUT2D eigenvalue weighted by Gasteiger charge is 1.83. The van der Waals surface area contributed by atoms with Crippen molar-refractivity contribution in [2.75, 3.05) is 20.1 Å². The highest BCUT2D eigenvalue weighted by Crippen LogP contribution is 1.88. The summed E-state index contributed by atoms with van der Waals surface area (Å²) in [5.41, 5.74) is 1.06. The lowest BCUT2D eigenvalue weighted by Crippen LogP contribution is -2.10. The van der Waals surface area contributed by atoms with E-state index in [1.807, 2.05) is 31.6 Å². The minimum atomic E-state index is 0.829. The molecular weight excluding hydrogens is 138 g/mol. The fraction of sp³-hybridized carbons (Fsp3) is 0.375. The zero-order valence-electron chi connectivity index (χ0n) is 6.67. The molecule has 0 saturated heterocycles. The summed E-state index contributed by atoms with van der Waals surface area (Å²) in [7, 11) is 1.92. The van der Waals surface area contributed by atoms with Crippen LogP contribution in [-0.2, 0) is 0 Å². The number of rotatable bonds is 4. The van der Waals surface area contributed by atoms with Crippen LogP contribution in [0.2, 0.25) is 0 Å². The van der Waals surface area contributed by atoms with Crippen LogP contribution in [0.3, 0.4) is 0 Å². The average Bonchev–Trinajstić information content (AvgIpc) is 2.50. The van der Waals surface area contributed by atoms with E-state index >= 15 is 0 Å². The lowest BCUT2D eigenvalue weighted by molar-refractivity contribution is 0.804. The van der Waals surface area contributed by atoms with Crippen LogP contribution in [-0.4, -0.2) is 31.3 Å². The Bertz CT molecular complexity index is 201. The first-order chi connectivity index (χ1) is 5.43. The summed E-state index contributed by atoms with van der Waals surface area (Å²) in [4.78, 5) is 7.23. The van der Waals surface area contributed by atoms with Crippen molar-refractivity contribution in [2.45, 2.75) is 0 Å². The molecule has 2 N–H and O–H groups in total. The molecule has 0 aliphatic heterocycles. The SMILES string of the molecule is CNCCN=Cc1ccc[nH]1. The zero-order valence-corrected chi connectivity index (χ0v) is 6.67. The van der Waals surface area contributed by atoms with Gasteiger partial charge in [0.1, 0.15) is 0 Å². The molecule has 1 aromatic heterocycles. The van der Waals surface area contributed by atoms with Crippen molar-refractivity contribution in [3.63, 3.8) is 0 Å². The van der Waals surface area contributed by atoms with E-state index in [9.17, 15) is 0 Å². The molecule has 0 aromatic carbocycles.